The summed E-state index contributed by atoms with van der Waals surface area (Å²) in [5.74, 6) is 0.917. The molecule has 0 fully saturated rings. The van der Waals surface area contributed by atoms with Gasteiger partial charge in [0.05, 0.1) is 0 Å². The summed E-state index contributed by atoms with van der Waals surface area (Å²) >= 11 is 1.58. The second-order valence-electron chi connectivity index (χ2n) is 6.89. The van der Waals surface area contributed by atoms with Crippen LogP contribution in [0.1, 0.15) is 16.7 Å². The number of hydrogen-bond acceptors (Lipinski definition) is 3. The summed E-state index contributed by atoms with van der Waals surface area (Å²) in [4.78, 5) is 13.8. The number of para-hydroxylation sites is 1. The van der Waals surface area contributed by atoms with Gasteiger partial charge in [-0.1, -0.05) is 109 Å². The Balaban J connectivity index is 0.00000272. The van der Waals surface area contributed by atoms with E-state index in [0.29, 0.717) is 11.5 Å². The summed E-state index contributed by atoms with van der Waals surface area (Å²) in [5.41, 5.74) is 2.96. The topological polar surface area (TPSA) is 26.3 Å². The standard InChI is InChI=1S/C27H22O2S.Sn.4H/c28-26(29-25-19-11-4-12-20-25)27(23-15-7-2-8-16-23,24-17-9-3-10-18-24)30-21-22-13-5-1-6-14-22;;;;;/h1-20H,21H2;;;;;. The molecule has 0 spiro atoms. The van der Waals surface area contributed by atoms with Crippen LogP contribution in [0.25, 0.3) is 0 Å². The molecule has 4 aromatic carbocycles. The molecule has 0 unspecified atom stereocenters. The Hall–Kier alpha value is -2.50. The molecule has 0 aliphatic heterocycles. The van der Waals surface area contributed by atoms with Crippen LogP contribution in [0.4, 0.5) is 0 Å². The predicted molar refractivity (Wildman–Crippen MR) is 135 cm³/mol. The second-order valence-corrected chi connectivity index (χ2v) is 8.08. The van der Waals surface area contributed by atoms with E-state index in [1.54, 1.807) is 23.9 Å². The van der Waals surface area contributed by atoms with Gasteiger partial charge >= 0.3 is 29.9 Å². The zero-order valence-corrected chi connectivity index (χ0v) is 17.3. The third-order valence-corrected chi connectivity index (χ3v) is 6.45. The molecule has 4 aromatic rings. The quantitative estimate of drug-likeness (QED) is 0.190. The van der Waals surface area contributed by atoms with Gasteiger partial charge in [0.15, 0.2) is 4.75 Å². The number of carbonyl (C=O) groups excluding carboxylic acids is 1. The molecule has 31 heavy (non-hydrogen) atoms. The Kier molecular flexibility index (Phi) is 8.38. The molecule has 0 atom stereocenters. The summed E-state index contributed by atoms with van der Waals surface area (Å²) in [6.45, 7) is 0. The van der Waals surface area contributed by atoms with Gasteiger partial charge in [0, 0.05) is 5.75 Å². The zero-order chi connectivity index (χ0) is 20.7. The van der Waals surface area contributed by atoms with Gasteiger partial charge in [0.25, 0.3) is 0 Å². The maximum absolute atomic E-state index is 13.8. The van der Waals surface area contributed by atoms with Gasteiger partial charge in [-0.3, -0.25) is 0 Å². The number of rotatable bonds is 7. The summed E-state index contributed by atoms with van der Waals surface area (Å²) in [6, 6.07) is 39.2. The minimum absolute atomic E-state index is 0. The minimum atomic E-state index is -0.992. The van der Waals surface area contributed by atoms with Gasteiger partial charge in [-0.15, -0.1) is 11.8 Å². The molecule has 4 rings (SSSR count). The average molecular weight is 533 g/mol. The van der Waals surface area contributed by atoms with Gasteiger partial charge < -0.3 is 4.74 Å². The van der Waals surface area contributed by atoms with Crippen molar-refractivity contribution < 1.29 is 9.53 Å². The zero-order valence-electron chi connectivity index (χ0n) is 16.5. The molecule has 0 heterocycles. The van der Waals surface area contributed by atoms with Gasteiger partial charge in [0.2, 0.25) is 0 Å². The van der Waals surface area contributed by atoms with Crippen molar-refractivity contribution in [3.63, 3.8) is 0 Å². The number of benzene rings is 4. The van der Waals surface area contributed by atoms with Crippen molar-refractivity contribution in [2.45, 2.75) is 10.5 Å². The number of thioether (sulfide) groups is 1. The first-order valence-electron chi connectivity index (χ1n) is 9.85. The van der Waals surface area contributed by atoms with Crippen molar-refractivity contribution >= 4 is 41.6 Å². The number of hydrogen-bond donors (Lipinski definition) is 0. The molecule has 0 aromatic heterocycles. The molecule has 0 saturated carbocycles. The Morgan fingerprint density at radius 3 is 1.55 bits per heavy atom. The Bertz CT molecular complexity index is 1030. The summed E-state index contributed by atoms with van der Waals surface area (Å²) < 4.78 is 4.93. The summed E-state index contributed by atoms with van der Waals surface area (Å²) in [5, 5.41) is 0. The fourth-order valence-corrected chi connectivity index (χ4v) is 4.75. The molecule has 156 valence electrons. The SMILES string of the molecule is O=C(Oc1ccccc1)C(SCc1ccccc1)(c1ccccc1)c1ccccc1.[SnH4]. The predicted octanol–water partition coefficient (Wildman–Crippen LogP) is 5.02. The molecule has 0 radical (unpaired) electrons. The molecule has 2 nitrogen and oxygen atoms in total. The third-order valence-electron chi connectivity index (χ3n) is 4.90. The van der Waals surface area contributed by atoms with Crippen molar-refractivity contribution in [1.82, 2.24) is 0 Å². The van der Waals surface area contributed by atoms with Crippen LogP contribution in [-0.4, -0.2) is 29.9 Å². The number of carbonyl (C=O) groups is 1. The first-order valence-corrected chi connectivity index (χ1v) is 10.8. The number of esters is 1. The molecular formula is C27H26O2SSn. The fraction of sp³-hybridized carbons (Fsp3) is 0.0741. The molecule has 0 bridgehead atoms. The monoisotopic (exact) mass is 534 g/mol. The number of ether oxygens (including phenoxy) is 1. The van der Waals surface area contributed by atoms with Crippen LogP contribution in [0.2, 0.25) is 0 Å². The third kappa shape index (κ3) is 5.41. The summed E-state index contributed by atoms with van der Waals surface area (Å²) in [6.07, 6.45) is 0. The Labute approximate surface area is 204 Å². The average Bonchev–Trinajstić information content (AvgIpc) is 2.82. The van der Waals surface area contributed by atoms with Crippen LogP contribution >= 0.6 is 11.8 Å². The molecule has 0 amide bonds. The Morgan fingerprint density at radius 1 is 0.645 bits per heavy atom. The van der Waals surface area contributed by atoms with Gasteiger partial charge in [-0.05, 0) is 28.8 Å². The van der Waals surface area contributed by atoms with Gasteiger partial charge in [-0.2, -0.15) is 0 Å². The van der Waals surface area contributed by atoms with E-state index in [1.807, 2.05) is 97.1 Å². The van der Waals surface area contributed by atoms with E-state index in [0.717, 1.165) is 16.7 Å². The van der Waals surface area contributed by atoms with Crippen LogP contribution in [0.5, 0.6) is 5.75 Å². The van der Waals surface area contributed by atoms with E-state index in [2.05, 4.69) is 12.1 Å². The van der Waals surface area contributed by atoms with E-state index in [-0.39, 0.29) is 29.9 Å². The van der Waals surface area contributed by atoms with Gasteiger partial charge in [0.1, 0.15) is 5.75 Å². The van der Waals surface area contributed by atoms with Gasteiger partial charge in [-0.25, -0.2) is 4.79 Å². The van der Waals surface area contributed by atoms with Crippen LogP contribution in [0.15, 0.2) is 121 Å². The van der Waals surface area contributed by atoms with Crippen molar-refractivity contribution in [3.05, 3.63) is 138 Å². The molecule has 0 N–H and O–H groups in total. The van der Waals surface area contributed by atoms with E-state index < -0.39 is 4.75 Å². The normalized spacial score (nSPS) is 10.7. The van der Waals surface area contributed by atoms with Crippen LogP contribution in [0.3, 0.4) is 0 Å². The van der Waals surface area contributed by atoms with E-state index in [9.17, 15) is 4.79 Å². The van der Waals surface area contributed by atoms with Crippen LogP contribution in [0, 0.1) is 0 Å². The maximum atomic E-state index is 13.8. The van der Waals surface area contributed by atoms with Crippen LogP contribution < -0.4 is 4.74 Å². The van der Waals surface area contributed by atoms with Crippen molar-refractivity contribution in [2.24, 2.45) is 0 Å². The first-order chi connectivity index (χ1) is 14.8. The molecular weight excluding hydrogens is 507 g/mol. The Morgan fingerprint density at radius 2 is 1.06 bits per heavy atom. The first kappa shape index (κ1) is 23.2. The van der Waals surface area contributed by atoms with E-state index in [1.165, 1.54) is 0 Å². The van der Waals surface area contributed by atoms with Crippen LogP contribution in [-0.2, 0) is 15.3 Å². The fourth-order valence-electron chi connectivity index (χ4n) is 3.41. The molecule has 0 aliphatic rings. The van der Waals surface area contributed by atoms with Crippen molar-refractivity contribution in [2.75, 3.05) is 0 Å². The molecule has 0 saturated heterocycles. The molecule has 0 aliphatic carbocycles. The molecule has 4 heteroatoms. The second kappa shape index (κ2) is 11.2. The van der Waals surface area contributed by atoms with Crippen molar-refractivity contribution in [3.8, 4) is 5.75 Å². The van der Waals surface area contributed by atoms with E-state index in [4.69, 9.17) is 4.74 Å². The van der Waals surface area contributed by atoms with E-state index >= 15 is 0 Å². The summed E-state index contributed by atoms with van der Waals surface area (Å²) in [7, 11) is 0. The van der Waals surface area contributed by atoms with Crippen molar-refractivity contribution in [1.29, 1.82) is 0 Å².